The van der Waals surface area contributed by atoms with E-state index in [9.17, 15) is 5.11 Å². The summed E-state index contributed by atoms with van der Waals surface area (Å²) in [7, 11) is 0. The molecule has 0 amide bonds. The van der Waals surface area contributed by atoms with E-state index >= 15 is 0 Å². The Hall–Kier alpha value is -1.32. The molecule has 0 saturated carbocycles. The van der Waals surface area contributed by atoms with Crippen molar-refractivity contribution in [2.24, 2.45) is 0 Å². The van der Waals surface area contributed by atoms with Gasteiger partial charge in [0.2, 0.25) is 0 Å². The Balaban J connectivity index is 2.35. The van der Waals surface area contributed by atoms with Crippen LogP contribution in [0.1, 0.15) is 38.4 Å². The number of rotatable bonds is 6. The Morgan fingerprint density at radius 1 is 1.10 bits per heavy atom. The molecule has 0 aromatic heterocycles. The highest BCUT2D eigenvalue weighted by molar-refractivity contribution is 9.10. The first-order valence-corrected chi connectivity index (χ1v) is 8.23. The highest BCUT2D eigenvalue weighted by Gasteiger charge is 2.12. The highest BCUT2D eigenvalue weighted by Crippen LogP contribution is 2.32. The van der Waals surface area contributed by atoms with E-state index in [0.29, 0.717) is 0 Å². The first kappa shape index (κ1) is 16.1. The van der Waals surface area contributed by atoms with Crippen molar-refractivity contribution in [2.45, 2.75) is 32.8 Å². The minimum absolute atomic E-state index is 0.464. The van der Waals surface area contributed by atoms with E-state index in [-0.39, 0.29) is 0 Å². The summed E-state index contributed by atoms with van der Waals surface area (Å²) < 4.78 is 0.951. The van der Waals surface area contributed by atoms with E-state index in [1.165, 1.54) is 5.69 Å². The van der Waals surface area contributed by atoms with Crippen LogP contribution >= 0.6 is 15.9 Å². The van der Waals surface area contributed by atoms with Crippen LogP contribution in [-0.4, -0.2) is 11.7 Å². The zero-order valence-electron chi connectivity index (χ0n) is 12.6. The average molecular weight is 348 g/mol. The number of anilines is 2. The molecule has 0 radical (unpaired) electrons. The van der Waals surface area contributed by atoms with Gasteiger partial charge < -0.3 is 10.0 Å². The van der Waals surface area contributed by atoms with E-state index < -0.39 is 6.10 Å². The van der Waals surface area contributed by atoms with Crippen LogP contribution in [0.15, 0.2) is 53.0 Å². The molecule has 0 aliphatic rings. The fraction of sp³-hybridized carbons (Fsp3) is 0.333. The third kappa shape index (κ3) is 4.08. The number of benzene rings is 2. The lowest BCUT2D eigenvalue weighted by molar-refractivity contribution is 0.198. The summed E-state index contributed by atoms with van der Waals surface area (Å²) in [5, 5.41) is 9.75. The van der Waals surface area contributed by atoms with Gasteiger partial charge in [-0.2, -0.15) is 0 Å². The minimum atomic E-state index is -0.464. The number of aliphatic hydroxyl groups is 1. The van der Waals surface area contributed by atoms with E-state index in [0.717, 1.165) is 35.1 Å². The van der Waals surface area contributed by atoms with Crippen LogP contribution in [-0.2, 0) is 0 Å². The Morgan fingerprint density at radius 2 is 1.81 bits per heavy atom. The van der Waals surface area contributed by atoms with Crippen molar-refractivity contribution in [3.63, 3.8) is 0 Å². The first-order valence-electron chi connectivity index (χ1n) is 7.43. The van der Waals surface area contributed by atoms with Gasteiger partial charge in [0, 0.05) is 22.4 Å². The molecule has 0 unspecified atom stereocenters. The van der Waals surface area contributed by atoms with Gasteiger partial charge in [-0.05, 0) is 43.2 Å². The summed E-state index contributed by atoms with van der Waals surface area (Å²) in [6.45, 7) is 4.97. The Kier molecular flexibility index (Phi) is 5.83. The number of hydrogen-bond donors (Lipinski definition) is 1. The van der Waals surface area contributed by atoms with Crippen molar-refractivity contribution >= 4 is 27.3 Å². The first-order chi connectivity index (χ1) is 10.1. The maximum absolute atomic E-state index is 9.75. The van der Waals surface area contributed by atoms with Gasteiger partial charge in [-0.25, -0.2) is 0 Å². The van der Waals surface area contributed by atoms with Crippen molar-refractivity contribution < 1.29 is 5.11 Å². The number of nitrogens with zero attached hydrogens (tertiary/aromatic N) is 1. The van der Waals surface area contributed by atoms with E-state index in [1.54, 1.807) is 6.92 Å². The average Bonchev–Trinajstić information content (AvgIpc) is 2.48. The largest absolute Gasteiger partial charge is 0.389 e. The molecule has 21 heavy (non-hydrogen) atoms. The van der Waals surface area contributed by atoms with Crippen molar-refractivity contribution in [3.8, 4) is 0 Å². The molecule has 1 atom stereocenters. The lowest BCUT2D eigenvalue weighted by Crippen LogP contribution is -2.18. The number of unbranched alkanes of at least 4 members (excludes halogenated alkanes) is 1. The minimum Gasteiger partial charge on any atom is -0.389 e. The van der Waals surface area contributed by atoms with Gasteiger partial charge in [-0.3, -0.25) is 0 Å². The van der Waals surface area contributed by atoms with E-state index in [2.05, 4.69) is 64.2 Å². The fourth-order valence-corrected chi connectivity index (χ4v) is 3.05. The fourth-order valence-electron chi connectivity index (χ4n) is 2.35. The molecular formula is C18H22BrNO. The predicted molar refractivity (Wildman–Crippen MR) is 93.1 cm³/mol. The van der Waals surface area contributed by atoms with Crippen LogP contribution in [0.2, 0.25) is 0 Å². The molecule has 1 N–H and O–H groups in total. The van der Waals surface area contributed by atoms with E-state index in [4.69, 9.17) is 0 Å². The van der Waals surface area contributed by atoms with Crippen LogP contribution in [0.5, 0.6) is 0 Å². The normalized spacial score (nSPS) is 12.2. The zero-order valence-corrected chi connectivity index (χ0v) is 14.2. The molecule has 3 heteroatoms. The predicted octanol–water partition coefficient (Wildman–Crippen LogP) is 5.44. The number of para-hydroxylation sites is 1. The number of aliphatic hydroxyl groups excluding tert-OH is 1. The van der Waals surface area contributed by atoms with Gasteiger partial charge in [0.25, 0.3) is 0 Å². The van der Waals surface area contributed by atoms with Crippen LogP contribution in [0.25, 0.3) is 0 Å². The standard InChI is InChI=1S/C18H22BrNO/c1-3-4-12-20(15-8-6-5-7-9-15)16-10-11-17(14(2)21)18(19)13-16/h5-11,13-14,21H,3-4,12H2,1-2H3/t14-/m1/s1. The summed E-state index contributed by atoms with van der Waals surface area (Å²) >= 11 is 3.57. The summed E-state index contributed by atoms with van der Waals surface area (Å²) in [5.74, 6) is 0. The second-order valence-electron chi connectivity index (χ2n) is 5.22. The quantitative estimate of drug-likeness (QED) is 0.751. The molecule has 2 nitrogen and oxygen atoms in total. The van der Waals surface area contributed by atoms with Gasteiger partial charge in [-0.1, -0.05) is 53.5 Å². The Labute approximate surface area is 135 Å². The van der Waals surface area contributed by atoms with Crippen LogP contribution in [0.4, 0.5) is 11.4 Å². The van der Waals surface area contributed by atoms with Gasteiger partial charge in [0.05, 0.1) is 6.10 Å². The summed E-state index contributed by atoms with van der Waals surface area (Å²) in [6.07, 6.45) is 1.84. The Bertz CT molecular complexity index is 569. The van der Waals surface area contributed by atoms with E-state index in [1.807, 2.05) is 12.1 Å². The van der Waals surface area contributed by atoms with Crippen LogP contribution in [0, 0.1) is 0 Å². The van der Waals surface area contributed by atoms with Crippen molar-refractivity contribution in [3.05, 3.63) is 58.6 Å². The molecule has 0 saturated heterocycles. The van der Waals surface area contributed by atoms with Gasteiger partial charge in [0.1, 0.15) is 0 Å². The lowest BCUT2D eigenvalue weighted by atomic mass is 10.1. The molecule has 2 aromatic carbocycles. The van der Waals surface area contributed by atoms with Crippen LogP contribution < -0.4 is 4.90 Å². The second kappa shape index (κ2) is 7.62. The van der Waals surface area contributed by atoms with Gasteiger partial charge in [0.15, 0.2) is 0 Å². The Morgan fingerprint density at radius 3 is 2.38 bits per heavy atom. The summed E-state index contributed by atoms with van der Waals surface area (Å²) in [6, 6.07) is 16.6. The maximum Gasteiger partial charge on any atom is 0.0772 e. The molecule has 0 aliphatic carbocycles. The third-order valence-electron chi connectivity index (χ3n) is 3.55. The molecule has 0 spiro atoms. The van der Waals surface area contributed by atoms with Gasteiger partial charge >= 0.3 is 0 Å². The smallest absolute Gasteiger partial charge is 0.0772 e. The van der Waals surface area contributed by atoms with Crippen molar-refractivity contribution in [1.82, 2.24) is 0 Å². The molecule has 2 aromatic rings. The number of hydrogen-bond acceptors (Lipinski definition) is 2. The monoisotopic (exact) mass is 347 g/mol. The lowest BCUT2D eigenvalue weighted by Gasteiger charge is -2.26. The maximum atomic E-state index is 9.75. The SMILES string of the molecule is CCCCN(c1ccccc1)c1ccc([C@@H](C)O)c(Br)c1. The summed E-state index contributed by atoms with van der Waals surface area (Å²) in [4.78, 5) is 2.32. The summed E-state index contributed by atoms with van der Waals surface area (Å²) in [5.41, 5.74) is 3.26. The zero-order chi connectivity index (χ0) is 15.2. The molecule has 0 aliphatic heterocycles. The topological polar surface area (TPSA) is 23.5 Å². The van der Waals surface area contributed by atoms with Gasteiger partial charge in [-0.15, -0.1) is 0 Å². The molecular weight excluding hydrogens is 326 g/mol. The molecule has 112 valence electrons. The molecule has 0 heterocycles. The number of halogens is 1. The third-order valence-corrected chi connectivity index (χ3v) is 4.24. The van der Waals surface area contributed by atoms with Crippen LogP contribution in [0.3, 0.4) is 0 Å². The molecule has 0 fully saturated rings. The molecule has 0 bridgehead atoms. The second-order valence-corrected chi connectivity index (χ2v) is 6.08. The van der Waals surface area contributed by atoms with Crippen molar-refractivity contribution in [2.75, 3.05) is 11.4 Å². The molecule has 2 rings (SSSR count). The van der Waals surface area contributed by atoms with Crippen molar-refractivity contribution in [1.29, 1.82) is 0 Å². The highest BCUT2D eigenvalue weighted by atomic mass is 79.9.